The van der Waals surface area contributed by atoms with Gasteiger partial charge in [-0.3, -0.25) is 14.4 Å². The molecule has 3 amide bonds. The first-order chi connectivity index (χ1) is 14.0. The van der Waals surface area contributed by atoms with Crippen LogP contribution in [-0.4, -0.2) is 23.7 Å². The lowest BCUT2D eigenvalue weighted by Crippen LogP contribution is -2.29. The molecular weight excluding hydrogens is 372 g/mol. The number of nitrogens with zero attached hydrogens (tertiary/aromatic N) is 1. The van der Waals surface area contributed by atoms with Crippen molar-refractivity contribution in [3.8, 4) is 0 Å². The smallest absolute Gasteiger partial charge is 0.266 e. The van der Waals surface area contributed by atoms with Crippen molar-refractivity contribution in [1.82, 2.24) is 0 Å². The van der Waals surface area contributed by atoms with Gasteiger partial charge in [0.25, 0.3) is 17.7 Å². The SMILES string of the molecule is O=C([O-])c1cccc(NC(=O)c2ccc3c(c2)C(=O)N(c2ccccc2)C3=O)c1. The fourth-order valence-electron chi connectivity index (χ4n) is 3.12. The van der Waals surface area contributed by atoms with Crippen LogP contribution in [-0.2, 0) is 0 Å². The summed E-state index contributed by atoms with van der Waals surface area (Å²) in [5, 5.41) is 13.5. The Morgan fingerprint density at radius 1 is 0.759 bits per heavy atom. The van der Waals surface area contributed by atoms with Gasteiger partial charge >= 0.3 is 0 Å². The highest BCUT2D eigenvalue weighted by atomic mass is 16.4. The van der Waals surface area contributed by atoms with E-state index in [1.54, 1.807) is 30.3 Å². The average Bonchev–Trinajstić information content (AvgIpc) is 2.98. The molecule has 0 saturated heterocycles. The summed E-state index contributed by atoms with van der Waals surface area (Å²) < 4.78 is 0. The van der Waals surface area contributed by atoms with Crippen molar-refractivity contribution < 1.29 is 24.3 Å². The number of para-hydroxylation sites is 1. The number of hydrogen-bond acceptors (Lipinski definition) is 5. The highest BCUT2D eigenvalue weighted by Crippen LogP contribution is 2.29. The number of hydrogen-bond donors (Lipinski definition) is 1. The summed E-state index contributed by atoms with van der Waals surface area (Å²) >= 11 is 0. The standard InChI is InChI=1S/C22H14N2O5/c25-19(23-15-6-4-5-14(11-15)22(28)29)13-9-10-17-18(12-13)21(27)24(20(17)26)16-7-2-1-3-8-16/h1-12H,(H,23,25)(H,28,29)/p-1. The van der Waals surface area contributed by atoms with Crippen molar-refractivity contribution in [2.75, 3.05) is 10.2 Å². The Bertz CT molecular complexity index is 1170. The summed E-state index contributed by atoms with van der Waals surface area (Å²) in [7, 11) is 0. The average molecular weight is 385 g/mol. The van der Waals surface area contributed by atoms with Crippen LogP contribution in [0.2, 0.25) is 0 Å². The Balaban J connectivity index is 1.61. The molecule has 7 nitrogen and oxygen atoms in total. The molecule has 0 saturated carbocycles. The van der Waals surface area contributed by atoms with E-state index in [0.29, 0.717) is 5.69 Å². The van der Waals surface area contributed by atoms with Gasteiger partial charge in [0.2, 0.25) is 0 Å². The van der Waals surface area contributed by atoms with Crippen LogP contribution in [0.4, 0.5) is 11.4 Å². The second-order valence-corrected chi connectivity index (χ2v) is 6.36. The van der Waals surface area contributed by atoms with E-state index < -0.39 is 23.7 Å². The summed E-state index contributed by atoms with van der Waals surface area (Å²) in [6.07, 6.45) is 0. The van der Waals surface area contributed by atoms with Gasteiger partial charge in [0.05, 0.1) is 22.8 Å². The molecule has 0 spiro atoms. The molecule has 0 aliphatic carbocycles. The van der Waals surface area contributed by atoms with Gasteiger partial charge in [0.15, 0.2) is 0 Å². The Hall–Kier alpha value is -4.26. The maximum atomic E-state index is 12.8. The fourth-order valence-corrected chi connectivity index (χ4v) is 3.12. The molecule has 0 radical (unpaired) electrons. The quantitative estimate of drug-likeness (QED) is 0.692. The normalized spacial score (nSPS) is 12.6. The van der Waals surface area contributed by atoms with Crippen molar-refractivity contribution in [2.45, 2.75) is 0 Å². The van der Waals surface area contributed by atoms with Crippen molar-refractivity contribution in [3.05, 3.63) is 95.1 Å². The molecule has 4 rings (SSSR count). The van der Waals surface area contributed by atoms with Crippen LogP contribution in [0.1, 0.15) is 41.4 Å². The van der Waals surface area contributed by atoms with Crippen LogP contribution in [0.25, 0.3) is 0 Å². The lowest BCUT2D eigenvalue weighted by Gasteiger charge is -2.13. The van der Waals surface area contributed by atoms with Gasteiger partial charge in [-0.15, -0.1) is 0 Å². The number of rotatable bonds is 4. The minimum atomic E-state index is -1.36. The van der Waals surface area contributed by atoms with Crippen molar-refractivity contribution >= 4 is 35.1 Å². The highest BCUT2D eigenvalue weighted by Gasteiger charge is 2.37. The van der Waals surface area contributed by atoms with E-state index in [-0.39, 0.29) is 27.9 Å². The molecule has 1 aliphatic heterocycles. The minimum Gasteiger partial charge on any atom is -0.545 e. The lowest BCUT2D eigenvalue weighted by atomic mass is 10.1. The zero-order valence-electron chi connectivity index (χ0n) is 14.9. The number of carbonyl (C=O) groups is 4. The van der Waals surface area contributed by atoms with Crippen molar-refractivity contribution in [3.63, 3.8) is 0 Å². The van der Waals surface area contributed by atoms with E-state index >= 15 is 0 Å². The monoisotopic (exact) mass is 385 g/mol. The molecule has 1 N–H and O–H groups in total. The topological polar surface area (TPSA) is 107 Å². The zero-order valence-corrected chi connectivity index (χ0v) is 14.9. The molecule has 29 heavy (non-hydrogen) atoms. The molecule has 0 bridgehead atoms. The molecule has 142 valence electrons. The van der Waals surface area contributed by atoms with E-state index in [0.717, 1.165) is 4.90 Å². The second-order valence-electron chi connectivity index (χ2n) is 6.36. The molecule has 0 unspecified atom stereocenters. The number of carboxylic acids is 1. The van der Waals surface area contributed by atoms with E-state index in [4.69, 9.17) is 0 Å². The number of benzene rings is 3. The third-order valence-corrected chi connectivity index (χ3v) is 4.52. The third kappa shape index (κ3) is 3.25. The summed E-state index contributed by atoms with van der Waals surface area (Å²) in [4.78, 5) is 50.0. The van der Waals surface area contributed by atoms with Crippen LogP contribution in [0.5, 0.6) is 0 Å². The predicted molar refractivity (Wildman–Crippen MR) is 103 cm³/mol. The number of anilines is 2. The van der Waals surface area contributed by atoms with Crippen molar-refractivity contribution in [1.29, 1.82) is 0 Å². The molecule has 0 fully saturated rings. The van der Waals surface area contributed by atoms with Crippen LogP contribution >= 0.6 is 0 Å². The first-order valence-electron chi connectivity index (χ1n) is 8.66. The Morgan fingerprint density at radius 3 is 2.21 bits per heavy atom. The predicted octanol–water partition coefficient (Wildman–Crippen LogP) is 2.10. The first-order valence-corrected chi connectivity index (χ1v) is 8.66. The van der Waals surface area contributed by atoms with E-state index in [1.165, 1.54) is 42.5 Å². The van der Waals surface area contributed by atoms with Crippen LogP contribution in [0.15, 0.2) is 72.8 Å². The van der Waals surface area contributed by atoms with Gasteiger partial charge in [-0.05, 0) is 48.0 Å². The summed E-state index contributed by atoms with van der Waals surface area (Å²) in [5.74, 6) is -2.86. The van der Waals surface area contributed by atoms with E-state index in [2.05, 4.69) is 5.32 Å². The molecule has 7 heteroatoms. The molecule has 1 heterocycles. The number of carboxylic acid groups (broad SMARTS) is 1. The van der Waals surface area contributed by atoms with E-state index in [9.17, 15) is 24.3 Å². The molecule has 0 atom stereocenters. The largest absolute Gasteiger partial charge is 0.545 e. The highest BCUT2D eigenvalue weighted by molar-refractivity contribution is 6.34. The fraction of sp³-hybridized carbons (Fsp3) is 0. The Morgan fingerprint density at radius 2 is 1.48 bits per heavy atom. The summed E-state index contributed by atoms with van der Waals surface area (Å²) in [6.45, 7) is 0. The van der Waals surface area contributed by atoms with Gasteiger partial charge in [-0.1, -0.05) is 30.3 Å². The first kappa shape index (κ1) is 18.1. The minimum absolute atomic E-state index is 0.0731. The number of carbonyl (C=O) groups excluding carboxylic acids is 4. The van der Waals surface area contributed by atoms with Gasteiger partial charge in [0.1, 0.15) is 0 Å². The number of nitrogens with one attached hydrogen (secondary N) is 1. The van der Waals surface area contributed by atoms with Crippen molar-refractivity contribution in [2.24, 2.45) is 0 Å². The number of imide groups is 1. The molecule has 3 aromatic rings. The molecule has 1 aliphatic rings. The third-order valence-electron chi connectivity index (χ3n) is 4.52. The van der Waals surface area contributed by atoms with Gasteiger partial charge < -0.3 is 15.2 Å². The Labute approximate surface area is 165 Å². The van der Waals surface area contributed by atoms with Crippen LogP contribution in [0.3, 0.4) is 0 Å². The number of amides is 3. The molecule has 0 aromatic heterocycles. The lowest BCUT2D eigenvalue weighted by molar-refractivity contribution is -0.255. The molecule has 3 aromatic carbocycles. The summed E-state index contributed by atoms with van der Waals surface area (Å²) in [6, 6.07) is 18.4. The van der Waals surface area contributed by atoms with Gasteiger partial charge in [-0.25, -0.2) is 4.90 Å². The molecular formula is C22H13N2O5-. The van der Waals surface area contributed by atoms with Crippen LogP contribution in [0, 0.1) is 0 Å². The number of aromatic carboxylic acids is 1. The Kier molecular flexibility index (Phi) is 4.40. The van der Waals surface area contributed by atoms with Gasteiger partial charge in [0, 0.05) is 11.3 Å². The second kappa shape index (κ2) is 7.05. The van der Waals surface area contributed by atoms with E-state index in [1.807, 2.05) is 0 Å². The van der Waals surface area contributed by atoms with Gasteiger partial charge in [-0.2, -0.15) is 0 Å². The summed E-state index contributed by atoms with van der Waals surface area (Å²) in [5.41, 5.74) is 1.16. The maximum absolute atomic E-state index is 12.8. The zero-order chi connectivity index (χ0) is 20.5. The number of fused-ring (bicyclic) bond motifs is 1. The maximum Gasteiger partial charge on any atom is 0.266 e. The van der Waals surface area contributed by atoms with Crippen LogP contribution < -0.4 is 15.3 Å².